The molecule has 0 amide bonds. The number of aliphatic hydroxyl groups excluding tert-OH is 2. The number of hydrogen-bond acceptors (Lipinski definition) is 4. The predicted molar refractivity (Wildman–Crippen MR) is 68.2 cm³/mol. The average Bonchev–Trinajstić information content (AvgIpc) is 3.18. The summed E-state index contributed by atoms with van der Waals surface area (Å²) in [7, 11) is 0. The lowest BCUT2D eigenvalue weighted by molar-refractivity contribution is -0.141. The van der Waals surface area contributed by atoms with Gasteiger partial charge in [-0.1, -0.05) is 24.3 Å². The maximum absolute atomic E-state index is 11.3. The second-order valence-corrected chi connectivity index (χ2v) is 5.12. The van der Waals surface area contributed by atoms with Crippen molar-refractivity contribution in [1.29, 1.82) is 0 Å². The second kappa shape index (κ2) is 5.22. The summed E-state index contributed by atoms with van der Waals surface area (Å²) in [6.45, 7) is 0. The first-order valence-corrected chi connectivity index (χ1v) is 6.28. The molecule has 6 heteroatoms. The van der Waals surface area contributed by atoms with Crippen LogP contribution >= 0.6 is 0 Å². The molecule has 1 aliphatic rings. The third kappa shape index (κ3) is 2.66. The zero-order valence-electron chi connectivity index (χ0n) is 10.7. The highest BCUT2D eigenvalue weighted by Gasteiger charge is 2.51. The number of hydrogen-bond donors (Lipinski definition) is 4. The fourth-order valence-corrected chi connectivity index (χ4v) is 2.28. The van der Waals surface area contributed by atoms with Gasteiger partial charge in [-0.05, 0) is 24.0 Å². The Morgan fingerprint density at radius 1 is 1.20 bits per heavy atom. The Morgan fingerprint density at radius 2 is 1.85 bits per heavy atom. The highest BCUT2D eigenvalue weighted by Crippen LogP contribution is 2.48. The van der Waals surface area contributed by atoms with Crippen LogP contribution in [-0.2, 0) is 15.0 Å². The summed E-state index contributed by atoms with van der Waals surface area (Å²) >= 11 is 0. The van der Waals surface area contributed by atoms with Crippen molar-refractivity contribution in [3.63, 3.8) is 0 Å². The van der Waals surface area contributed by atoms with Crippen LogP contribution in [-0.4, -0.2) is 38.5 Å². The van der Waals surface area contributed by atoms with Crippen LogP contribution in [0.3, 0.4) is 0 Å². The van der Waals surface area contributed by atoms with Crippen LogP contribution in [0, 0.1) is 0 Å². The van der Waals surface area contributed by atoms with Crippen molar-refractivity contribution in [1.82, 2.24) is 0 Å². The maximum atomic E-state index is 11.3. The van der Waals surface area contributed by atoms with Crippen molar-refractivity contribution in [2.45, 2.75) is 36.9 Å². The molecule has 2 unspecified atom stereocenters. The third-order valence-corrected chi connectivity index (χ3v) is 3.69. The summed E-state index contributed by atoms with van der Waals surface area (Å²) in [5.41, 5.74) is 0.000801. The van der Waals surface area contributed by atoms with E-state index >= 15 is 0 Å². The van der Waals surface area contributed by atoms with Crippen molar-refractivity contribution in [2.24, 2.45) is 0 Å². The lowest BCUT2D eigenvalue weighted by atomic mass is 9.92. The molecule has 0 radical (unpaired) electrons. The minimum Gasteiger partial charge on any atom is -0.481 e. The van der Waals surface area contributed by atoms with E-state index in [1.54, 1.807) is 12.1 Å². The molecule has 0 saturated heterocycles. The first kappa shape index (κ1) is 14.5. The number of carbonyl (C=O) groups is 2. The van der Waals surface area contributed by atoms with Crippen molar-refractivity contribution >= 4 is 11.9 Å². The molecule has 2 atom stereocenters. The number of carboxylic acids is 2. The van der Waals surface area contributed by atoms with Crippen LogP contribution in [0.4, 0.5) is 0 Å². The zero-order chi connectivity index (χ0) is 14.9. The maximum Gasteiger partial charge on any atom is 0.314 e. The molecule has 20 heavy (non-hydrogen) atoms. The quantitative estimate of drug-likeness (QED) is 0.609. The van der Waals surface area contributed by atoms with Gasteiger partial charge in [0, 0.05) is 0 Å². The molecular formula is C14H16O6. The van der Waals surface area contributed by atoms with Gasteiger partial charge in [0.15, 0.2) is 0 Å². The highest BCUT2D eigenvalue weighted by molar-refractivity contribution is 5.84. The minimum absolute atomic E-state index is 0.323. The highest BCUT2D eigenvalue weighted by atomic mass is 16.4. The van der Waals surface area contributed by atoms with Crippen LogP contribution in [0.1, 0.15) is 36.5 Å². The number of carboxylic acid groups (broad SMARTS) is 2. The molecule has 1 fully saturated rings. The smallest absolute Gasteiger partial charge is 0.314 e. The van der Waals surface area contributed by atoms with Crippen LogP contribution < -0.4 is 0 Å². The number of benzene rings is 1. The molecule has 108 valence electrons. The Hall–Kier alpha value is -1.92. The van der Waals surface area contributed by atoms with Gasteiger partial charge in [-0.15, -0.1) is 0 Å². The molecule has 0 aliphatic heterocycles. The molecule has 1 saturated carbocycles. The SMILES string of the molecule is O=C(O)CC(O)C(O)c1cccc(C2(C(=O)O)CC2)c1. The molecule has 0 spiro atoms. The molecule has 0 bridgehead atoms. The predicted octanol–water partition coefficient (Wildman–Crippen LogP) is 0.672. The first-order valence-electron chi connectivity index (χ1n) is 6.28. The van der Waals surface area contributed by atoms with Crippen molar-refractivity contribution < 1.29 is 30.0 Å². The number of rotatable bonds is 6. The van der Waals surface area contributed by atoms with E-state index in [-0.39, 0.29) is 0 Å². The molecule has 4 N–H and O–H groups in total. The summed E-state index contributed by atoms with van der Waals surface area (Å²) in [6, 6.07) is 6.33. The summed E-state index contributed by atoms with van der Waals surface area (Å²) in [6.07, 6.45) is -2.27. The summed E-state index contributed by atoms with van der Waals surface area (Å²) in [4.78, 5) is 21.8. The number of aliphatic carboxylic acids is 2. The zero-order valence-corrected chi connectivity index (χ0v) is 10.7. The minimum atomic E-state index is -1.43. The van der Waals surface area contributed by atoms with Crippen molar-refractivity contribution in [2.75, 3.05) is 0 Å². The standard InChI is InChI=1S/C14H16O6/c15-10(7-11(16)17)12(18)8-2-1-3-9(6-8)14(4-5-14)13(19)20/h1-3,6,10,12,15,18H,4-5,7H2,(H,16,17)(H,19,20). The second-order valence-electron chi connectivity index (χ2n) is 5.12. The van der Waals surface area contributed by atoms with Gasteiger partial charge in [-0.2, -0.15) is 0 Å². The van der Waals surface area contributed by atoms with Gasteiger partial charge < -0.3 is 20.4 Å². The monoisotopic (exact) mass is 280 g/mol. The third-order valence-electron chi connectivity index (χ3n) is 3.69. The Labute approximate surface area is 115 Å². The molecule has 6 nitrogen and oxygen atoms in total. The van der Waals surface area contributed by atoms with Crippen LogP contribution in [0.15, 0.2) is 24.3 Å². The van der Waals surface area contributed by atoms with E-state index in [0.717, 1.165) is 0 Å². The van der Waals surface area contributed by atoms with E-state index in [2.05, 4.69) is 0 Å². The van der Waals surface area contributed by atoms with Crippen molar-refractivity contribution in [3.8, 4) is 0 Å². The number of aliphatic hydroxyl groups is 2. The normalized spacial score (nSPS) is 19.1. The lowest BCUT2D eigenvalue weighted by Gasteiger charge is -2.18. The molecule has 1 aromatic rings. The Balaban J connectivity index is 2.22. The fourth-order valence-electron chi connectivity index (χ4n) is 2.28. The van der Waals surface area contributed by atoms with E-state index < -0.39 is 36.0 Å². The van der Waals surface area contributed by atoms with Gasteiger partial charge in [0.1, 0.15) is 6.10 Å². The van der Waals surface area contributed by atoms with Crippen LogP contribution in [0.25, 0.3) is 0 Å². The topological polar surface area (TPSA) is 115 Å². The van der Waals surface area contributed by atoms with E-state index in [0.29, 0.717) is 24.0 Å². The van der Waals surface area contributed by atoms with Gasteiger partial charge in [0.05, 0.1) is 17.9 Å². The van der Waals surface area contributed by atoms with Crippen LogP contribution in [0.5, 0.6) is 0 Å². The Kier molecular flexibility index (Phi) is 3.78. The Bertz CT molecular complexity index is 534. The molecule has 0 heterocycles. The van der Waals surface area contributed by atoms with Crippen molar-refractivity contribution in [3.05, 3.63) is 35.4 Å². The first-order chi connectivity index (χ1) is 9.36. The van der Waals surface area contributed by atoms with Crippen LogP contribution in [0.2, 0.25) is 0 Å². The summed E-state index contributed by atoms with van der Waals surface area (Å²) in [5, 5.41) is 37.4. The summed E-state index contributed by atoms with van der Waals surface area (Å²) in [5.74, 6) is -2.12. The summed E-state index contributed by atoms with van der Waals surface area (Å²) < 4.78 is 0. The van der Waals surface area contributed by atoms with Gasteiger partial charge in [-0.25, -0.2) is 0 Å². The molecular weight excluding hydrogens is 264 g/mol. The molecule has 0 aromatic heterocycles. The van der Waals surface area contributed by atoms with E-state index in [9.17, 15) is 24.9 Å². The van der Waals surface area contributed by atoms with E-state index in [4.69, 9.17) is 5.11 Å². The molecule has 1 aromatic carbocycles. The lowest BCUT2D eigenvalue weighted by Crippen LogP contribution is -2.23. The van der Waals surface area contributed by atoms with Gasteiger partial charge in [0.25, 0.3) is 0 Å². The van der Waals surface area contributed by atoms with E-state index in [1.807, 2.05) is 0 Å². The van der Waals surface area contributed by atoms with E-state index in [1.165, 1.54) is 12.1 Å². The fraction of sp³-hybridized carbons (Fsp3) is 0.429. The van der Waals surface area contributed by atoms with Gasteiger partial charge in [0.2, 0.25) is 0 Å². The molecule has 1 aliphatic carbocycles. The largest absolute Gasteiger partial charge is 0.481 e. The van der Waals surface area contributed by atoms with Gasteiger partial charge >= 0.3 is 11.9 Å². The average molecular weight is 280 g/mol. The molecule has 2 rings (SSSR count). The van der Waals surface area contributed by atoms with Gasteiger partial charge in [-0.3, -0.25) is 9.59 Å². The Morgan fingerprint density at radius 3 is 2.35 bits per heavy atom.